The van der Waals surface area contributed by atoms with Gasteiger partial charge in [-0.25, -0.2) is 9.18 Å². The fourth-order valence-corrected chi connectivity index (χ4v) is 3.87. The van der Waals surface area contributed by atoms with Crippen molar-refractivity contribution in [3.63, 3.8) is 0 Å². The highest BCUT2D eigenvalue weighted by molar-refractivity contribution is 6.30. The van der Waals surface area contributed by atoms with Gasteiger partial charge in [0.2, 0.25) is 0 Å². The van der Waals surface area contributed by atoms with Gasteiger partial charge in [0.05, 0.1) is 23.3 Å². The van der Waals surface area contributed by atoms with Crippen LogP contribution < -0.4 is 9.47 Å². The standard InChI is InChI=1S/C26H20ClF4NO4/c1-14-24(36-19-6-4-18(27)5-7-19)21-9-3-17(26(29,30)31)12-23(21)32(14)13-16-11-20(8-10-22(16)28)35-15(2)25(33)34/h3-12,15H,13H2,1-2H3,(H,33,34)/t15-/m0/s1. The van der Waals surface area contributed by atoms with Crippen molar-refractivity contribution in [2.45, 2.75) is 32.7 Å². The van der Waals surface area contributed by atoms with Crippen molar-refractivity contribution in [2.24, 2.45) is 0 Å². The largest absolute Gasteiger partial charge is 0.479 e. The third-order valence-electron chi connectivity index (χ3n) is 5.63. The molecule has 10 heteroatoms. The zero-order chi connectivity index (χ0) is 26.2. The molecule has 1 N–H and O–H groups in total. The summed E-state index contributed by atoms with van der Waals surface area (Å²) < 4.78 is 68.1. The zero-order valence-corrected chi connectivity index (χ0v) is 19.8. The van der Waals surface area contributed by atoms with E-state index in [1.165, 1.54) is 29.7 Å². The summed E-state index contributed by atoms with van der Waals surface area (Å²) >= 11 is 5.93. The summed E-state index contributed by atoms with van der Waals surface area (Å²) in [5.41, 5.74) is -0.111. The molecule has 0 aliphatic carbocycles. The van der Waals surface area contributed by atoms with Crippen molar-refractivity contribution in [3.8, 4) is 17.2 Å². The Morgan fingerprint density at radius 1 is 1.06 bits per heavy atom. The Morgan fingerprint density at radius 3 is 2.36 bits per heavy atom. The Balaban J connectivity index is 1.81. The molecule has 0 fully saturated rings. The molecule has 1 atom stereocenters. The Kier molecular flexibility index (Phi) is 6.86. The van der Waals surface area contributed by atoms with Gasteiger partial charge in [0.25, 0.3) is 0 Å². The van der Waals surface area contributed by atoms with E-state index < -0.39 is 29.6 Å². The maximum absolute atomic E-state index is 14.7. The lowest BCUT2D eigenvalue weighted by Gasteiger charge is -2.14. The van der Waals surface area contributed by atoms with Crippen LogP contribution in [0.15, 0.2) is 60.7 Å². The third-order valence-corrected chi connectivity index (χ3v) is 5.89. The van der Waals surface area contributed by atoms with Gasteiger partial charge in [-0.15, -0.1) is 0 Å². The number of hydrogen-bond acceptors (Lipinski definition) is 3. The molecule has 3 aromatic carbocycles. The second-order valence-corrected chi connectivity index (χ2v) is 8.57. The molecule has 0 bridgehead atoms. The van der Waals surface area contributed by atoms with Gasteiger partial charge in [0, 0.05) is 16.0 Å². The fraction of sp³-hybridized carbons (Fsp3) is 0.192. The van der Waals surface area contributed by atoms with E-state index in [-0.39, 0.29) is 23.4 Å². The van der Waals surface area contributed by atoms with Crippen LogP contribution in [-0.2, 0) is 17.5 Å². The Bertz CT molecular complexity index is 1430. The van der Waals surface area contributed by atoms with Crippen molar-refractivity contribution in [2.75, 3.05) is 0 Å². The second kappa shape index (κ2) is 9.73. The molecule has 5 nitrogen and oxygen atoms in total. The highest BCUT2D eigenvalue weighted by atomic mass is 35.5. The van der Waals surface area contributed by atoms with Crippen LogP contribution in [0.3, 0.4) is 0 Å². The molecule has 0 radical (unpaired) electrons. The number of hydrogen-bond donors (Lipinski definition) is 1. The third kappa shape index (κ3) is 5.26. The predicted molar refractivity (Wildman–Crippen MR) is 126 cm³/mol. The van der Waals surface area contributed by atoms with Crippen molar-refractivity contribution < 1.29 is 36.9 Å². The average molecular weight is 522 g/mol. The number of fused-ring (bicyclic) bond motifs is 1. The van der Waals surface area contributed by atoms with Crippen LogP contribution in [0.1, 0.15) is 23.7 Å². The molecule has 0 saturated carbocycles. The average Bonchev–Trinajstić information content (AvgIpc) is 3.07. The minimum atomic E-state index is -4.58. The molecule has 0 amide bonds. The molecule has 4 rings (SSSR count). The number of aromatic nitrogens is 1. The normalized spacial score (nSPS) is 12.5. The number of carboxylic acids is 1. The molecule has 0 saturated heterocycles. The number of rotatable bonds is 7. The van der Waals surface area contributed by atoms with E-state index in [4.69, 9.17) is 26.2 Å². The summed E-state index contributed by atoms with van der Waals surface area (Å²) in [5, 5.41) is 9.97. The predicted octanol–water partition coefficient (Wildman–Crippen LogP) is 7.45. The number of benzene rings is 3. The van der Waals surface area contributed by atoms with Gasteiger partial charge in [0.1, 0.15) is 17.3 Å². The van der Waals surface area contributed by atoms with Crippen LogP contribution in [0.2, 0.25) is 5.02 Å². The van der Waals surface area contributed by atoms with Gasteiger partial charge < -0.3 is 19.1 Å². The van der Waals surface area contributed by atoms with E-state index >= 15 is 0 Å². The van der Waals surface area contributed by atoms with Crippen LogP contribution >= 0.6 is 11.6 Å². The summed E-state index contributed by atoms with van der Waals surface area (Å²) in [6.45, 7) is 2.83. The van der Waals surface area contributed by atoms with E-state index in [1.807, 2.05) is 0 Å². The Labute approximate surface area is 208 Å². The molecule has 36 heavy (non-hydrogen) atoms. The van der Waals surface area contributed by atoms with Crippen LogP contribution in [0.25, 0.3) is 10.9 Å². The van der Waals surface area contributed by atoms with E-state index in [0.717, 1.165) is 18.2 Å². The van der Waals surface area contributed by atoms with Gasteiger partial charge in [0.15, 0.2) is 11.9 Å². The van der Waals surface area contributed by atoms with Gasteiger partial charge in [-0.05, 0) is 74.5 Å². The monoisotopic (exact) mass is 521 g/mol. The molecular formula is C26H20ClF4NO4. The SMILES string of the molecule is Cc1c(Oc2ccc(Cl)cc2)c2ccc(C(F)(F)F)cc2n1Cc1cc(O[C@@H](C)C(=O)O)ccc1F. The highest BCUT2D eigenvalue weighted by Crippen LogP contribution is 2.40. The molecule has 4 aromatic rings. The van der Waals surface area contributed by atoms with Gasteiger partial charge in [-0.2, -0.15) is 13.2 Å². The summed E-state index contributed by atoms with van der Waals surface area (Å²) in [6.07, 6.45) is -5.76. The van der Waals surface area contributed by atoms with Crippen molar-refractivity contribution in [1.82, 2.24) is 4.57 Å². The highest BCUT2D eigenvalue weighted by Gasteiger charge is 2.31. The number of alkyl halides is 3. The number of carboxylic acid groups (broad SMARTS) is 1. The van der Waals surface area contributed by atoms with Crippen molar-refractivity contribution >= 4 is 28.5 Å². The number of aliphatic carboxylic acids is 1. The van der Waals surface area contributed by atoms with Crippen molar-refractivity contribution in [1.29, 1.82) is 0 Å². The Morgan fingerprint density at radius 2 is 1.72 bits per heavy atom. The summed E-state index contributed by atoms with van der Waals surface area (Å²) in [5.74, 6) is -0.974. The summed E-state index contributed by atoms with van der Waals surface area (Å²) in [6, 6.07) is 13.5. The topological polar surface area (TPSA) is 60.7 Å². The van der Waals surface area contributed by atoms with Crippen LogP contribution in [-0.4, -0.2) is 21.7 Å². The molecule has 0 spiro atoms. The maximum atomic E-state index is 14.7. The van der Waals surface area contributed by atoms with Gasteiger partial charge in [-0.1, -0.05) is 11.6 Å². The molecule has 188 valence electrons. The molecule has 0 unspecified atom stereocenters. The lowest BCUT2D eigenvalue weighted by atomic mass is 10.1. The molecule has 0 aliphatic heterocycles. The van der Waals surface area contributed by atoms with Gasteiger partial charge in [-0.3, -0.25) is 0 Å². The molecule has 0 aliphatic rings. The van der Waals surface area contributed by atoms with Crippen LogP contribution in [0.4, 0.5) is 17.6 Å². The summed E-state index contributed by atoms with van der Waals surface area (Å²) in [4.78, 5) is 11.1. The first kappa shape index (κ1) is 25.4. The van der Waals surface area contributed by atoms with E-state index in [1.54, 1.807) is 31.2 Å². The van der Waals surface area contributed by atoms with E-state index in [2.05, 4.69) is 0 Å². The molecular weight excluding hydrogens is 502 g/mol. The lowest BCUT2D eigenvalue weighted by molar-refractivity contribution is -0.144. The number of ether oxygens (including phenoxy) is 2. The summed E-state index contributed by atoms with van der Waals surface area (Å²) in [7, 11) is 0. The Hall–Kier alpha value is -3.72. The van der Waals surface area contributed by atoms with Crippen LogP contribution in [0, 0.1) is 12.7 Å². The molecule has 1 aromatic heterocycles. The first-order valence-electron chi connectivity index (χ1n) is 10.8. The molecule has 1 heterocycles. The fourth-order valence-electron chi connectivity index (χ4n) is 3.74. The minimum Gasteiger partial charge on any atom is -0.479 e. The number of carbonyl (C=O) groups is 1. The first-order valence-corrected chi connectivity index (χ1v) is 11.1. The first-order chi connectivity index (χ1) is 16.9. The van der Waals surface area contributed by atoms with Crippen LogP contribution in [0.5, 0.6) is 17.2 Å². The number of nitrogens with zero attached hydrogens (tertiary/aromatic N) is 1. The smallest absolute Gasteiger partial charge is 0.416 e. The lowest BCUT2D eigenvalue weighted by Crippen LogP contribution is -2.23. The zero-order valence-electron chi connectivity index (χ0n) is 19.1. The van der Waals surface area contributed by atoms with Crippen molar-refractivity contribution in [3.05, 3.63) is 88.3 Å². The minimum absolute atomic E-state index is 0.0977. The quantitative estimate of drug-likeness (QED) is 0.256. The van der Waals surface area contributed by atoms with E-state index in [9.17, 15) is 22.4 Å². The second-order valence-electron chi connectivity index (χ2n) is 8.14. The van der Waals surface area contributed by atoms with E-state index in [0.29, 0.717) is 27.6 Å². The van der Waals surface area contributed by atoms with Gasteiger partial charge >= 0.3 is 12.1 Å². The number of halogens is 5. The maximum Gasteiger partial charge on any atom is 0.416 e.